The molecule has 24 heavy (non-hydrogen) atoms. The molecule has 3 aromatic heterocycles. The number of hydrogen-bond acceptors (Lipinski definition) is 4. The SMILES string of the molecule is Cc1nc(C2CCCCN2C(=O)c2c(Cl)nc3ccccn23)n[nH]1. The molecule has 1 fully saturated rings. The van der Waals surface area contributed by atoms with Crippen LogP contribution >= 0.6 is 11.6 Å². The van der Waals surface area contributed by atoms with Crippen LogP contribution in [0.25, 0.3) is 5.65 Å². The molecule has 124 valence electrons. The van der Waals surface area contributed by atoms with Gasteiger partial charge in [0, 0.05) is 12.7 Å². The third kappa shape index (κ3) is 2.45. The van der Waals surface area contributed by atoms with Crippen molar-refractivity contribution in [2.45, 2.75) is 32.2 Å². The minimum atomic E-state index is -0.137. The summed E-state index contributed by atoms with van der Waals surface area (Å²) in [4.78, 5) is 23.7. The minimum absolute atomic E-state index is 0.133. The van der Waals surface area contributed by atoms with E-state index < -0.39 is 0 Å². The fourth-order valence-corrected chi connectivity index (χ4v) is 3.51. The second-order valence-electron chi connectivity index (χ2n) is 5.97. The van der Waals surface area contributed by atoms with Gasteiger partial charge in [-0.05, 0) is 38.3 Å². The van der Waals surface area contributed by atoms with Gasteiger partial charge in [0.2, 0.25) is 0 Å². The maximum Gasteiger partial charge on any atom is 0.274 e. The predicted octanol–water partition coefficient (Wildman–Crippen LogP) is 2.78. The van der Waals surface area contributed by atoms with Crippen LogP contribution in [-0.2, 0) is 0 Å². The molecular weight excluding hydrogens is 328 g/mol. The lowest BCUT2D eigenvalue weighted by Gasteiger charge is -2.33. The molecule has 1 aliphatic rings. The first kappa shape index (κ1) is 15.1. The first-order valence-corrected chi connectivity index (χ1v) is 8.35. The van der Waals surface area contributed by atoms with E-state index in [9.17, 15) is 4.79 Å². The number of imidazole rings is 1. The number of likely N-dealkylation sites (tertiary alicyclic amines) is 1. The summed E-state index contributed by atoms with van der Waals surface area (Å²) in [6.45, 7) is 2.51. The number of amides is 1. The highest BCUT2D eigenvalue weighted by Crippen LogP contribution is 2.31. The van der Waals surface area contributed by atoms with Crippen molar-refractivity contribution in [3.63, 3.8) is 0 Å². The Kier molecular flexibility index (Phi) is 3.72. The van der Waals surface area contributed by atoms with Crippen LogP contribution in [0.3, 0.4) is 0 Å². The molecule has 0 aromatic carbocycles. The van der Waals surface area contributed by atoms with Gasteiger partial charge in [-0.25, -0.2) is 9.97 Å². The summed E-state index contributed by atoms with van der Waals surface area (Å²) in [7, 11) is 0. The molecule has 1 unspecified atom stereocenters. The van der Waals surface area contributed by atoms with Crippen molar-refractivity contribution in [1.82, 2.24) is 29.5 Å². The highest BCUT2D eigenvalue weighted by molar-refractivity contribution is 6.32. The van der Waals surface area contributed by atoms with E-state index in [1.54, 1.807) is 10.6 Å². The van der Waals surface area contributed by atoms with E-state index in [-0.39, 0.29) is 17.1 Å². The van der Waals surface area contributed by atoms with Crippen molar-refractivity contribution in [3.05, 3.63) is 46.9 Å². The van der Waals surface area contributed by atoms with E-state index in [1.165, 1.54) is 0 Å². The maximum absolute atomic E-state index is 13.2. The summed E-state index contributed by atoms with van der Waals surface area (Å²) in [5, 5.41) is 7.34. The number of piperidine rings is 1. The van der Waals surface area contributed by atoms with E-state index in [4.69, 9.17) is 11.6 Å². The number of aryl methyl sites for hydroxylation is 1. The van der Waals surface area contributed by atoms with Gasteiger partial charge in [0.25, 0.3) is 5.91 Å². The molecule has 4 heterocycles. The molecule has 0 spiro atoms. The lowest BCUT2D eigenvalue weighted by atomic mass is 10.0. The number of aromatic nitrogens is 5. The molecular formula is C16H17ClN6O. The quantitative estimate of drug-likeness (QED) is 0.775. The van der Waals surface area contributed by atoms with Crippen LogP contribution in [0.1, 0.15) is 47.4 Å². The number of nitrogens with one attached hydrogen (secondary N) is 1. The highest BCUT2D eigenvalue weighted by atomic mass is 35.5. The van der Waals surface area contributed by atoms with Crippen molar-refractivity contribution in [1.29, 1.82) is 0 Å². The Hall–Kier alpha value is -2.41. The standard InChI is InChI=1S/C16H17ClN6O/c1-10-18-15(21-20-10)11-6-2-4-8-22(11)16(24)13-14(17)19-12-7-3-5-9-23(12)13/h3,5,7,9,11H,2,4,6,8H2,1H3,(H,18,20,21). The summed E-state index contributed by atoms with van der Waals surface area (Å²) in [5.74, 6) is 1.27. The van der Waals surface area contributed by atoms with Gasteiger partial charge >= 0.3 is 0 Å². The van der Waals surface area contributed by atoms with Crippen molar-refractivity contribution in [2.24, 2.45) is 0 Å². The second-order valence-corrected chi connectivity index (χ2v) is 6.33. The summed E-state index contributed by atoms with van der Waals surface area (Å²) >= 11 is 6.26. The van der Waals surface area contributed by atoms with Crippen LogP contribution in [0, 0.1) is 6.92 Å². The van der Waals surface area contributed by atoms with Gasteiger partial charge in [-0.3, -0.25) is 14.3 Å². The topological polar surface area (TPSA) is 79.2 Å². The first-order valence-electron chi connectivity index (χ1n) is 7.97. The Morgan fingerprint density at radius 3 is 3.00 bits per heavy atom. The molecule has 7 nitrogen and oxygen atoms in total. The van der Waals surface area contributed by atoms with E-state index >= 15 is 0 Å². The normalized spacial score (nSPS) is 18.2. The van der Waals surface area contributed by atoms with E-state index in [1.807, 2.05) is 30.0 Å². The summed E-state index contributed by atoms with van der Waals surface area (Å²) in [6.07, 6.45) is 4.65. The summed E-state index contributed by atoms with van der Waals surface area (Å²) in [6, 6.07) is 5.41. The molecule has 1 saturated heterocycles. The maximum atomic E-state index is 13.2. The van der Waals surface area contributed by atoms with E-state index in [2.05, 4.69) is 20.2 Å². The van der Waals surface area contributed by atoms with E-state index in [0.29, 0.717) is 23.7 Å². The Morgan fingerprint density at radius 1 is 1.33 bits per heavy atom. The number of carbonyl (C=O) groups is 1. The molecule has 0 aliphatic carbocycles. The van der Waals surface area contributed by atoms with Crippen molar-refractivity contribution in [3.8, 4) is 0 Å². The number of halogens is 1. The van der Waals surface area contributed by atoms with Gasteiger partial charge in [0.05, 0.1) is 6.04 Å². The number of aromatic amines is 1. The van der Waals surface area contributed by atoms with Gasteiger partial charge in [-0.2, -0.15) is 5.10 Å². The first-order chi connectivity index (χ1) is 11.6. The van der Waals surface area contributed by atoms with Crippen LogP contribution in [0.15, 0.2) is 24.4 Å². The lowest BCUT2D eigenvalue weighted by molar-refractivity contribution is 0.0593. The Bertz CT molecular complexity index is 901. The highest BCUT2D eigenvalue weighted by Gasteiger charge is 2.33. The minimum Gasteiger partial charge on any atom is -0.327 e. The zero-order chi connectivity index (χ0) is 16.7. The van der Waals surface area contributed by atoms with Crippen molar-refractivity contribution in [2.75, 3.05) is 6.54 Å². The molecule has 3 aromatic rings. The number of hydrogen-bond donors (Lipinski definition) is 1. The summed E-state index contributed by atoms with van der Waals surface area (Å²) < 4.78 is 1.74. The Balaban J connectivity index is 1.74. The molecule has 4 rings (SSSR count). The number of carbonyl (C=O) groups excluding carboxylic acids is 1. The lowest BCUT2D eigenvalue weighted by Crippen LogP contribution is -2.39. The van der Waals surface area contributed by atoms with Gasteiger partial charge in [0.1, 0.15) is 11.5 Å². The van der Waals surface area contributed by atoms with Crippen LogP contribution in [0.4, 0.5) is 0 Å². The molecule has 0 saturated carbocycles. The van der Waals surface area contributed by atoms with Gasteiger partial charge < -0.3 is 4.90 Å². The molecule has 1 atom stereocenters. The average Bonchev–Trinajstić information content (AvgIpc) is 3.16. The monoisotopic (exact) mass is 344 g/mol. The largest absolute Gasteiger partial charge is 0.327 e. The number of fused-ring (bicyclic) bond motifs is 1. The van der Waals surface area contributed by atoms with Crippen molar-refractivity contribution < 1.29 is 4.79 Å². The number of nitrogens with zero attached hydrogens (tertiary/aromatic N) is 5. The third-order valence-electron chi connectivity index (χ3n) is 4.37. The smallest absolute Gasteiger partial charge is 0.274 e. The fraction of sp³-hybridized carbons (Fsp3) is 0.375. The van der Waals surface area contributed by atoms with Crippen molar-refractivity contribution >= 4 is 23.2 Å². The molecule has 1 N–H and O–H groups in total. The fourth-order valence-electron chi connectivity index (χ4n) is 3.25. The number of H-pyrrole nitrogens is 1. The molecule has 8 heteroatoms. The summed E-state index contributed by atoms with van der Waals surface area (Å²) in [5.41, 5.74) is 1.06. The van der Waals surface area contributed by atoms with Gasteiger partial charge in [0.15, 0.2) is 16.7 Å². The second kappa shape index (κ2) is 5.90. The van der Waals surface area contributed by atoms with E-state index in [0.717, 1.165) is 25.1 Å². The molecule has 1 aliphatic heterocycles. The van der Waals surface area contributed by atoms with Gasteiger partial charge in [-0.1, -0.05) is 17.7 Å². The number of rotatable bonds is 2. The zero-order valence-electron chi connectivity index (χ0n) is 13.2. The van der Waals surface area contributed by atoms with Gasteiger partial charge in [-0.15, -0.1) is 0 Å². The predicted molar refractivity (Wildman–Crippen MR) is 89.0 cm³/mol. The molecule has 0 bridgehead atoms. The molecule has 0 radical (unpaired) electrons. The number of pyridine rings is 1. The van der Waals surface area contributed by atoms with Crippen LogP contribution in [0.5, 0.6) is 0 Å². The van der Waals surface area contributed by atoms with Crippen LogP contribution in [-0.4, -0.2) is 41.9 Å². The van der Waals surface area contributed by atoms with Crippen LogP contribution < -0.4 is 0 Å². The Labute approximate surface area is 143 Å². The average molecular weight is 345 g/mol. The molecule has 1 amide bonds. The third-order valence-corrected chi connectivity index (χ3v) is 4.63. The Morgan fingerprint density at radius 2 is 2.21 bits per heavy atom. The zero-order valence-corrected chi connectivity index (χ0v) is 14.0. The van der Waals surface area contributed by atoms with Crippen LogP contribution in [0.2, 0.25) is 5.15 Å².